The SMILES string of the molecule is Cc1cc(CN2CCCC(C(=O)O)C2)no1. The number of rotatable bonds is 3. The van der Waals surface area contributed by atoms with E-state index in [2.05, 4.69) is 10.1 Å². The standard InChI is InChI=1S/C11H16N2O3/c1-8-5-10(12-16-8)7-13-4-2-3-9(6-13)11(14)15/h5,9H,2-4,6-7H2,1H3,(H,14,15). The third kappa shape index (κ3) is 2.61. The van der Waals surface area contributed by atoms with Crippen molar-refractivity contribution in [3.63, 3.8) is 0 Å². The minimum Gasteiger partial charge on any atom is -0.481 e. The highest BCUT2D eigenvalue weighted by molar-refractivity contribution is 5.70. The number of aromatic nitrogens is 1. The molecule has 1 unspecified atom stereocenters. The van der Waals surface area contributed by atoms with E-state index in [9.17, 15) is 4.79 Å². The van der Waals surface area contributed by atoms with Gasteiger partial charge in [0.2, 0.25) is 0 Å². The fourth-order valence-corrected chi connectivity index (χ4v) is 2.12. The van der Waals surface area contributed by atoms with E-state index in [1.165, 1.54) is 0 Å². The molecule has 1 atom stereocenters. The van der Waals surface area contributed by atoms with Gasteiger partial charge in [0.15, 0.2) is 0 Å². The van der Waals surface area contributed by atoms with E-state index in [0.29, 0.717) is 13.1 Å². The second kappa shape index (κ2) is 4.65. The number of hydrogen-bond acceptors (Lipinski definition) is 4. The molecule has 0 aromatic carbocycles. The highest BCUT2D eigenvalue weighted by Crippen LogP contribution is 2.18. The smallest absolute Gasteiger partial charge is 0.307 e. The molecular formula is C11H16N2O3. The number of carboxylic acid groups (broad SMARTS) is 1. The van der Waals surface area contributed by atoms with Gasteiger partial charge in [-0.25, -0.2) is 0 Å². The van der Waals surface area contributed by atoms with Crippen LogP contribution in [0.5, 0.6) is 0 Å². The van der Waals surface area contributed by atoms with Crippen molar-refractivity contribution in [2.75, 3.05) is 13.1 Å². The molecule has 2 rings (SSSR count). The molecule has 0 aliphatic carbocycles. The molecule has 5 nitrogen and oxygen atoms in total. The maximum Gasteiger partial charge on any atom is 0.307 e. The summed E-state index contributed by atoms with van der Waals surface area (Å²) in [5.41, 5.74) is 0.878. The molecule has 16 heavy (non-hydrogen) atoms. The fourth-order valence-electron chi connectivity index (χ4n) is 2.12. The molecule has 88 valence electrons. The van der Waals surface area contributed by atoms with Crippen LogP contribution in [0.3, 0.4) is 0 Å². The first-order chi connectivity index (χ1) is 7.65. The maximum absolute atomic E-state index is 10.9. The third-order valence-electron chi connectivity index (χ3n) is 2.92. The molecule has 1 aromatic heterocycles. The Kier molecular flexibility index (Phi) is 3.24. The van der Waals surface area contributed by atoms with E-state index >= 15 is 0 Å². The first kappa shape index (κ1) is 11.1. The number of carboxylic acids is 1. The van der Waals surface area contributed by atoms with Gasteiger partial charge in [-0.05, 0) is 26.3 Å². The van der Waals surface area contributed by atoms with Gasteiger partial charge in [0.1, 0.15) is 5.76 Å². The molecule has 0 bridgehead atoms. The lowest BCUT2D eigenvalue weighted by Crippen LogP contribution is -2.38. The zero-order valence-corrected chi connectivity index (χ0v) is 9.35. The Morgan fingerprint density at radius 3 is 3.19 bits per heavy atom. The van der Waals surface area contributed by atoms with Crippen LogP contribution in [0.4, 0.5) is 0 Å². The number of aliphatic carboxylic acids is 1. The van der Waals surface area contributed by atoms with Crippen molar-refractivity contribution in [2.45, 2.75) is 26.3 Å². The number of hydrogen-bond donors (Lipinski definition) is 1. The highest BCUT2D eigenvalue weighted by atomic mass is 16.5. The summed E-state index contributed by atoms with van der Waals surface area (Å²) in [5.74, 6) is -0.135. The summed E-state index contributed by atoms with van der Waals surface area (Å²) in [6, 6.07) is 1.89. The van der Waals surface area contributed by atoms with Crippen LogP contribution >= 0.6 is 0 Å². The molecule has 5 heteroatoms. The summed E-state index contributed by atoms with van der Waals surface area (Å²) in [6.07, 6.45) is 1.72. The summed E-state index contributed by atoms with van der Waals surface area (Å²) in [7, 11) is 0. The number of likely N-dealkylation sites (tertiary alicyclic amines) is 1. The Bertz CT molecular complexity index is 375. The Labute approximate surface area is 94.0 Å². The second-order valence-corrected chi connectivity index (χ2v) is 4.34. The third-order valence-corrected chi connectivity index (χ3v) is 2.92. The quantitative estimate of drug-likeness (QED) is 0.837. The zero-order valence-electron chi connectivity index (χ0n) is 9.35. The van der Waals surface area contributed by atoms with Gasteiger partial charge < -0.3 is 9.63 Å². The van der Waals surface area contributed by atoms with Crippen molar-refractivity contribution < 1.29 is 14.4 Å². The summed E-state index contributed by atoms with van der Waals surface area (Å²) < 4.78 is 4.99. The van der Waals surface area contributed by atoms with Gasteiger partial charge in [0.05, 0.1) is 11.6 Å². The predicted molar refractivity (Wildman–Crippen MR) is 56.9 cm³/mol. The fraction of sp³-hybridized carbons (Fsp3) is 0.636. The van der Waals surface area contributed by atoms with E-state index in [1.807, 2.05) is 13.0 Å². The lowest BCUT2D eigenvalue weighted by Gasteiger charge is -2.29. The summed E-state index contributed by atoms with van der Waals surface area (Å²) in [4.78, 5) is 13.0. The summed E-state index contributed by atoms with van der Waals surface area (Å²) in [6.45, 7) is 4.09. The molecule has 1 aliphatic rings. The summed E-state index contributed by atoms with van der Waals surface area (Å²) in [5, 5.41) is 12.9. The molecule has 0 radical (unpaired) electrons. The van der Waals surface area contributed by atoms with Gasteiger partial charge in [-0.3, -0.25) is 9.69 Å². The first-order valence-electron chi connectivity index (χ1n) is 5.52. The van der Waals surface area contributed by atoms with Gasteiger partial charge in [0, 0.05) is 19.2 Å². The molecule has 1 aliphatic heterocycles. The lowest BCUT2D eigenvalue weighted by atomic mass is 9.98. The normalized spacial score (nSPS) is 22.2. The molecule has 1 saturated heterocycles. The maximum atomic E-state index is 10.9. The highest BCUT2D eigenvalue weighted by Gasteiger charge is 2.25. The van der Waals surface area contributed by atoms with Crippen molar-refractivity contribution >= 4 is 5.97 Å². The van der Waals surface area contributed by atoms with Crippen LogP contribution in [0.15, 0.2) is 10.6 Å². The molecule has 1 aromatic rings. The van der Waals surface area contributed by atoms with Gasteiger partial charge in [0.25, 0.3) is 0 Å². The van der Waals surface area contributed by atoms with Crippen LogP contribution in [-0.4, -0.2) is 34.2 Å². The average molecular weight is 224 g/mol. The number of aryl methyl sites for hydroxylation is 1. The van der Waals surface area contributed by atoms with Crippen molar-refractivity contribution in [3.05, 3.63) is 17.5 Å². The van der Waals surface area contributed by atoms with Crippen molar-refractivity contribution in [1.82, 2.24) is 10.1 Å². The van der Waals surface area contributed by atoms with Crippen LogP contribution in [0.25, 0.3) is 0 Å². The Balaban J connectivity index is 1.92. The van der Waals surface area contributed by atoms with Crippen LogP contribution in [-0.2, 0) is 11.3 Å². The molecule has 1 fully saturated rings. The minimum absolute atomic E-state index is 0.234. The molecule has 0 amide bonds. The van der Waals surface area contributed by atoms with Crippen LogP contribution in [0.1, 0.15) is 24.3 Å². The Morgan fingerprint density at radius 1 is 1.75 bits per heavy atom. The van der Waals surface area contributed by atoms with Crippen molar-refractivity contribution in [3.8, 4) is 0 Å². The van der Waals surface area contributed by atoms with Gasteiger partial charge in [-0.15, -0.1) is 0 Å². The lowest BCUT2D eigenvalue weighted by molar-refractivity contribution is -0.143. The monoisotopic (exact) mass is 224 g/mol. The summed E-state index contributed by atoms with van der Waals surface area (Å²) >= 11 is 0. The predicted octanol–water partition coefficient (Wildman–Crippen LogP) is 1.28. The van der Waals surface area contributed by atoms with Gasteiger partial charge in [-0.1, -0.05) is 5.16 Å². The average Bonchev–Trinajstić information content (AvgIpc) is 2.64. The van der Waals surface area contributed by atoms with Crippen LogP contribution in [0, 0.1) is 12.8 Å². The molecule has 0 saturated carbocycles. The molecular weight excluding hydrogens is 208 g/mol. The van der Waals surface area contributed by atoms with E-state index in [0.717, 1.165) is 30.8 Å². The first-order valence-corrected chi connectivity index (χ1v) is 5.52. The largest absolute Gasteiger partial charge is 0.481 e. The van der Waals surface area contributed by atoms with E-state index in [1.54, 1.807) is 0 Å². The van der Waals surface area contributed by atoms with Crippen molar-refractivity contribution in [1.29, 1.82) is 0 Å². The Hall–Kier alpha value is -1.36. The Morgan fingerprint density at radius 2 is 2.56 bits per heavy atom. The minimum atomic E-state index is -0.693. The van der Waals surface area contributed by atoms with Crippen molar-refractivity contribution in [2.24, 2.45) is 5.92 Å². The van der Waals surface area contributed by atoms with Gasteiger partial charge >= 0.3 is 5.97 Å². The number of piperidine rings is 1. The number of nitrogens with zero attached hydrogens (tertiary/aromatic N) is 2. The second-order valence-electron chi connectivity index (χ2n) is 4.34. The molecule has 2 heterocycles. The topological polar surface area (TPSA) is 66.6 Å². The molecule has 1 N–H and O–H groups in total. The van der Waals surface area contributed by atoms with E-state index in [-0.39, 0.29) is 5.92 Å². The zero-order chi connectivity index (χ0) is 11.5. The number of carbonyl (C=O) groups is 1. The molecule has 0 spiro atoms. The van der Waals surface area contributed by atoms with Gasteiger partial charge in [-0.2, -0.15) is 0 Å². The van der Waals surface area contributed by atoms with E-state index < -0.39 is 5.97 Å². The van der Waals surface area contributed by atoms with E-state index in [4.69, 9.17) is 9.63 Å². The van der Waals surface area contributed by atoms with Crippen LogP contribution in [0.2, 0.25) is 0 Å². The van der Waals surface area contributed by atoms with Crippen LogP contribution < -0.4 is 0 Å².